The third-order valence-corrected chi connectivity index (χ3v) is 5.35. The van der Waals surface area contributed by atoms with Crippen LogP contribution >= 0.6 is 24.8 Å². The van der Waals surface area contributed by atoms with E-state index in [0.717, 1.165) is 44.6 Å². The fraction of sp³-hybridized carbons (Fsp3) is 0.500. The predicted molar refractivity (Wildman–Crippen MR) is 117 cm³/mol. The highest BCUT2D eigenvalue weighted by Gasteiger charge is 2.27. The molecular formula is C20H27Cl2FN4O2. The first-order valence-corrected chi connectivity index (χ1v) is 9.49. The van der Waals surface area contributed by atoms with Gasteiger partial charge >= 0.3 is 0 Å². The van der Waals surface area contributed by atoms with Crippen LogP contribution < -0.4 is 20.5 Å². The summed E-state index contributed by atoms with van der Waals surface area (Å²) in [5, 5.41) is 7.95. The Balaban J connectivity index is 0.00000150. The van der Waals surface area contributed by atoms with E-state index in [-0.39, 0.29) is 36.1 Å². The van der Waals surface area contributed by atoms with Gasteiger partial charge in [-0.2, -0.15) is 5.10 Å². The maximum atomic E-state index is 14.3. The van der Waals surface area contributed by atoms with Gasteiger partial charge in [-0.1, -0.05) is 0 Å². The lowest BCUT2D eigenvalue weighted by molar-refractivity contribution is 0.386. The lowest BCUT2D eigenvalue weighted by Crippen LogP contribution is -2.46. The third-order valence-electron chi connectivity index (χ3n) is 5.35. The van der Waals surface area contributed by atoms with Crippen LogP contribution in [0.4, 0.5) is 10.1 Å². The van der Waals surface area contributed by atoms with Gasteiger partial charge in [0.1, 0.15) is 5.69 Å². The Labute approximate surface area is 182 Å². The zero-order chi connectivity index (χ0) is 19.0. The summed E-state index contributed by atoms with van der Waals surface area (Å²) in [6.45, 7) is 5.78. The van der Waals surface area contributed by atoms with Crippen LogP contribution in [0, 0.1) is 18.7 Å². The SMILES string of the molecule is COc1ccc(-c2nn(CC3CC3)c(=O)c(N3CCNCC3)c2C)cc1F.Cl.Cl. The number of hydrogen-bond donors (Lipinski definition) is 1. The molecule has 1 aromatic carbocycles. The number of nitrogens with zero attached hydrogens (tertiary/aromatic N) is 3. The van der Waals surface area contributed by atoms with Crippen molar-refractivity contribution in [3.05, 3.63) is 39.9 Å². The molecule has 1 aromatic heterocycles. The smallest absolute Gasteiger partial charge is 0.290 e. The molecule has 29 heavy (non-hydrogen) atoms. The van der Waals surface area contributed by atoms with Crippen molar-refractivity contribution in [2.45, 2.75) is 26.3 Å². The van der Waals surface area contributed by atoms with Crippen LogP contribution in [0.25, 0.3) is 11.3 Å². The number of aromatic nitrogens is 2. The molecule has 0 unspecified atom stereocenters. The summed E-state index contributed by atoms with van der Waals surface area (Å²) in [6.07, 6.45) is 2.27. The topological polar surface area (TPSA) is 59.4 Å². The van der Waals surface area contributed by atoms with Crippen molar-refractivity contribution in [1.29, 1.82) is 0 Å². The fourth-order valence-electron chi connectivity index (χ4n) is 3.65. The second-order valence-corrected chi connectivity index (χ2v) is 7.34. The molecule has 1 aliphatic carbocycles. The third kappa shape index (κ3) is 4.85. The van der Waals surface area contributed by atoms with E-state index in [1.54, 1.807) is 16.8 Å². The molecule has 2 aromatic rings. The molecular weight excluding hydrogens is 418 g/mol. The van der Waals surface area contributed by atoms with Crippen molar-refractivity contribution >= 4 is 30.5 Å². The summed E-state index contributed by atoms with van der Waals surface area (Å²) in [5.41, 5.74) is 2.77. The molecule has 1 N–H and O–H groups in total. The van der Waals surface area contributed by atoms with E-state index in [2.05, 4.69) is 15.3 Å². The zero-order valence-corrected chi connectivity index (χ0v) is 18.2. The number of methoxy groups -OCH3 is 1. The molecule has 0 spiro atoms. The van der Waals surface area contributed by atoms with Gasteiger partial charge in [0.2, 0.25) is 0 Å². The number of benzene rings is 1. The number of rotatable bonds is 5. The first-order chi connectivity index (χ1) is 13.1. The van der Waals surface area contributed by atoms with Crippen LogP contribution in [-0.2, 0) is 6.54 Å². The maximum absolute atomic E-state index is 14.3. The summed E-state index contributed by atoms with van der Waals surface area (Å²) >= 11 is 0. The summed E-state index contributed by atoms with van der Waals surface area (Å²) in [4.78, 5) is 15.3. The monoisotopic (exact) mass is 444 g/mol. The molecule has 2 fully saturated rings. The van der Waals surface area contributed by atoms with Gasteiger partial charge < -0.3 is 15.0 Å². The van der Waals surface area contributed by atoms with Crippen molar-refractivity contribution < 1.29 is 9.13 Å². The summed E-state index contributed by atoms with van der Waals surface area (Å²) < 4.78 is 20.9. The Bertz CT molecular complexity index is 912. The Kier molecular flexibility index (Phi) is 7.91. The van der Waals surface area contributed by atoms with Gasteiger partial charge in [0.15, 0.2) is 11.6 Å². The van der Waals surface area contributed by atoms with Crippen molar-refractivity contribution in [3.63, 3.8) is 0 Å². The lowest BCUT2D eigenvalue weighted by Gasteiger charge is -2.31. The van der Waals surface area contributed by atoms with Crippen LogP contribution in [-0.4, -0.2) is 43.1 Å². The highest BCUT2D eigenvalue weighted by molar-refractivity contribution is 5.85. The van der Waals surface area contributed by atoms with Crippen LogP contribution in [0.3, 0.4) is 0 Å². The second kappa shape index (κ2) is 9.78. The second-order valence-electron chi connectivity index (χ2n) is 7.34. The average molecular weight is 445 g/mol. The van der Waals surface area contributed by atoms with Gasteiger partial charge in [-0.05, 0) is 43.9 Å². The molecule has 0 atom stereocenters. The first kappa shape index (κ1) is 23.4. The maximum Gasteiger partial charge on any atom is 0.290 e. The molecule has 1 saturated heterocycles. The average Bonchev–Trinajstić information content (AvgIpc) is 3.49. The normalized spacial score (nSPS) is 16.0. The summed E-state index contributed by atoms with van der Waals surface area (Å²) in [5.74, 6) is 0.291. The van der Waals surface area contributed by atoms with E-state index in [4.69, 9.17) is 4.74 Å². The van der Waals surface area contributed by atoms with E-state index in [0.29, 0.717) is 29.4 Å². The van der Waals surface area contributed by atoms with E-state index in [1.165, 1.54) is 13.2 Å². The molecule has 1 saturated carbocycles. The molecule has 4 rings (SSSR count). The van der Waals surface area contributed by atoms with Crippen LogP contribution in [0.1, 0.15) is 18.4 Å². The molecule has 6 nitrogen and oxygen atoms in total. The van der Waals surface area contributed by atoms with Gasteiger partial charge in [0.05, 0.1) is 12.8 Å². The van der Waals surface area contributed by atoms with Gasteiger partial charge in [0.25, 0.3) is 5.56 Å². The lowest BCUT2D eigenvalue weighted by atomic mass is 10.0. The Morgan fingerprint density at radius 1 is 1.24 bits per heavy atom. The zero-order valence-electron chi connectivity index (χ0n) is 16.6. The molecule has 0 amide bonds. The number of nitrogens with one attached hydrogen (secondary N) is 1. The van der Waals surface area contributed by atoms with Crippen LogP contribution in [0.5, 0.6) is 5.75 Å². The van der Waals surface area contributed by atoms with Crippen molar-refractivity contribution in [1.82, 2.24) is 15.1 Å². The Morgan fingerprint density at radius 3 is 2.52 bits per heavy atom. The summed E-state index contributed by atoms with van der Waals surface area (Å²) in [7, 11) is 1.44. The standard InChI is InChI=1S/C20H25FN4O2.2ClH/c1-13-18(15-5-6-17(27-2)16(21)11-15)23-25(12-14-3-4-14)20(26)19(13)24-9-7-22-8-10-24;;/h5-6,11,14,22H,3-4,7-10,12H2,1-2H3;2*1H. The van der Waals surface area contributed by atoms with Crippen molar-refractivity contribution in [3.8, 4) is 17.0 Å². The molecule has 2 aliphatic rings. The van der Waals surface area contributed by atoms with Crippen LogP contribution in [0.15, 0.2) is 23.0 Å². The Hall–Kier alpha value is -1.83. The van der Waals surface area contributed by atoms with E-state index >= 15 is 0 Å². The van der Waals surface area contributed by atoms with Gasteiger partial charge in [-0.15, -0.1) is 24.8 Å². The minimum Gasteiger partial charge on any atom is -0.494 e. The van der Waals surface area contributed by atoms with Gasteiger partial charge in [0, 0.05) is 43.9 Å². The fourth-order valence-corrected chi connectivity index (χ4v) is 3.65. The van der Waals surface area contributed by atoms with E-state index in [9.17, 15) is 9.18 Å². The predicted octanol–water partition coefficient (Wildman–Crippen LogP) is 3.03. The van der Waals surface area contributed by atoms with Crippen LogP contribution in [0.2, 0.25) is 0 Å². The molecule has 0 radical (unpaired) electrons. The van der Waals surface area contributed by atoms with Crippen molar-refractivity contribution in [2.24, 2.45) is 5.92 Å². The number of anilines is 1. The van der Waals surface area contributed by atoms with Gasteiger partial charge in [-0.3, -0.25) is 4.79 Å². The highest BCUT2D eigenvalue weighted by atomic mass is 35.5. The number of ether oxygens (including phenoxy) is 1. The molecule has 9 heteroatoms. The quantitative estimate of drug-likeness (QED) is 0.767. The highest BCUT2D eigenvalue weighted by Crippen LogP contribution is 2.32. The minimum absolute atomic E-state index is 0. The molecule has 0 bridgehead atoms. The van der Waals surface area contributed by atoms with E-state index in [1.807, 2.05) is 6.92 Å². The number of hydrogen-bond acceptors (Lipinski definition) is 5. The Morgan fingerprint density at radius 2 is 1.93 bits per heavy atom. The van der Waals surface area contributed by atoms with Crippen molar-refractivity contribution in [2.75, 3.05) is 38.2 Å². The minimum atomic E-state index is -0.431. The number of piperazine rings is 1. The molecule has 160 valence electrons. The first-order valence-electron chi connectivity index (χ1n) is 9.49. The molecule has 1 aliphatic heterocycles. The molecule has 2 heterocycles. The summed E-state index contributed by atoms with van der Waals surface area (Å²) in [6, 6.07) is 4.83. The largest absolute Gasteiger partial charge is 0.494 e. The number of halogens is 3. The van der Waals surface area contributed by atoms with Gasteiger partial charge in [-0.25, -0.2) is 9.07 Å². The van der Waals surface area contributed by atoms with E-state index < -0.39 is 5.82 Å².